The molecule has 3 nitrogen and oxygen atoms in total. The molecule has 1 aromatic rings. The van der Waals surface area contributed by atoms with Gasteiger partial charge < -0.3 is 15.7 Å². The normalized spacial score (nSPS) is 11.3. The van der Waals surface area contributed by atoms with E-state index >= 15 is 0 Å². The molecule has 0 aliphatic carbocycles. The minimum Gasteiger partial charge on any atom is -0.395 e. The van der Waals surface area contributed by atoms with Gasteiger partial charge in [0.05, 0.1) is 6.61 Å². The number of anilines is 1. The first-order chi connectivity index (χ1) is 8.35. The van der Waals surface area contributed by atoms with Crippen LogP contribution in [0.25, 0.3) is 0 Å². The molecule has 18 heavy (non-hydrogen) atoms. The maximum absolute atomic E-state index is 12.5. The van der Waals surface area contributed by atoms with Gasteiger partial charge in [0.1, 0.15) is 11.5 Å². The van der Waals surface area contributed by atoms with E-state index in [2.05, 4.69) is 0 Å². The molecule has 0 fully saturated rings. The number of rotatable bonds is 5. The van der Waals surface area contributed by atoms with Crippen LogP contribution in [0.15, 0.2) is 24.3 Å². The highest BCUT2D eigenvalue weighted by molar-refractivity contribution is 7.80. The number of hydrogen-bond donors (Lipinski definition) is 2. The number of benzene rings is 1. The van der Waals surface area contributed by atoms with E-state index in [1.54, 1.807) is 18.2 Å². The number of para-hydroxylation sites is 1. The molecule has 3 N–H and O–H groups in total. The molecule has 7 heteroatoms. The Morgan fingerprint density at radius 2 is 1.94 bits per heavy atom. The summed E-state index contributed by atoms with van der Waals surface area (Å²) in [6.07, 6.45) is -4.36. The van der Waals surface area contributed by atoms with Crippen molar-refractivity contribution in [2.24, 2.45) is 5.73 Å². The quantitative estimate of drug-likeness (QED) is 0.805. The summed E-state index contributed by atoms with van der Waals surface area (Å²) in [7, 11) is 0. The first kappa shape index (κ1) is 14.7. The molecule has 0 atom stereocenters. The predicted molar refractivity (Wildman–Crippen MR) is 67.7 cm³/mol. The van der Waals surface area contributed by atoms with E-state index in [1.165, 1.54) is 6.07 Å². The molecular weight excluding hydrogens is 265 g/mol. The standard InChI is InChI=1S/C11H13F3N2OS/c12-11(13,14)7-16(5-6-17)9-4-2-1-3-8(9)10(15)18/h1-4,17H,5-7H2,(H2,15,18). The lowest BCUT2D eigenvalue weighted by Gasteiger charge is -2.27. The van der Waals surface area contributed by atoms with Gasteiger partial charge in [-0.3, -0.25) is 0 Å². The Morgan fingerprint density at radius 1 is 1.33 bits per heavy atom. The Hall–Kier alpha value is -1.34. The molecular formula is C11H13F3N2OS. The summed E-state index contributed by atoms with van der Waals surface area (Å²) >= 11 is 4.80. The van der Waals surface area contributed by atoms with Gasteiger partial charge >= 0.3 is 6.18 Å². The van der Waals surface area contributed by atoms with E-state index in [0.29, 0.717) is 5.56 Å². The molecule has 0 saturated heterocycles. The lowest BCUT2D eigenvalue weighted by Crippen LogP contribution is -2.37. The number of thiocarbonyl (C=S) groups is 1. The first-order valence-corrected chi connectivity index (χ1v) is 5.57. The summed E-state index contributed by atoms with van der Waals surface area (Å²) in [5.41, 5.74) is 6.11. The topological polar surface area (TPSA) is 49.5 Å². The highest BCUT2D eigenvalue weighted by Gasteiger charge is 2.31. The summed E-state index contributed by atoms with van der Waals surface area (Å²) < 4.78 is 37.4. The highest BCUT2D eigenvalue weighted by Crippen LogP contribution is 2.25. The third kappa shape index (κ3) is 4.15. The van der Waals surface area contributed by atoms with Crippen molar-refractivity contribution in [3.05, 3.63) is 29.8 Å². The lowest BCUT2D eigenvalue weighted by atomic mass is 10.1. The number of nitrogens with zero attached hydrogens (tertiary/aromatic N) is 1. The first-order valence-electron chi connectivity index (χ1n) is 5.16. The van der Waals surface area contributed by atoms with E-state index in [4.69, 9.17) is 23.1 Å². The molecule has 0 amide bonds. The van der Waals surface area contributed by atoms with Gasteiger partial charge in [-0.05, 0) is 12.1 Å². The SMILES string of the molecule is NC(=S)c1ccccc1N(CCO)CC(F)(F)F. The van der Waals surface area contributed by atoms with Gasteiger partial charge in [-0.25, -0.2) is 0 Å². The van der Waals surface area contributed by atoms with E-state index in [-0.39, 0.29) is 23.8 Å². The van der Waals surface area contributed by atoms with Crippen LogP contribution in [-0.4, -0.2) is 36.0 Å². The molecule has 1 rings (SSSR count). The Balaban J connectivity index is 3.09. The summed E-state index contributed by atoms with van der Waals surface area (Å²) in [5.74, 6) is 0. The van der Waals surface area contributed by atoms with Gasteiger partial charge in [-0.2, -0.15) is 13.2 Å². The smallest absolute Gasteiger partial charge is 0.395 e. The van der Waals surface area contributed by atoms with Crippen LogP contribution in [0.5, 0.6) is 0 Å². The molecule has 0 unspecified atom stereocenters. The van der Waals surface area contributed by atoms with Crippen molar-refractivity contribution in [1.29, 1.82) is 0 Å². The van der Waals surface area contributed by atoms with Crippen LogP contribution in [0, 0.1) is 0 Å². The van der Waals surface area contributed by atoms with Crippen LogP contribution in [0.4, 0.5) is 18.9 Å². The van der Waals surface area contributed by atoms with Crippen LogP contribution in [0.3, 0.4) is 0 Å². The second-order valence-electron chi connectivity index (χ2n) is 3.64. The van der Waals surface area contributed by atoms with Gasteiger partial charge in [0.25, 0.3) is 0 Å². The van der Waals surface area contributed by atoms with E-state index < -0.39 is 12.7 Å². The fourth-order valence-corrected chi connectivity index (χ4v) is 1.75. The fourth-order valence-electron chi connectivity index (χ4n) is 1.58. The molecule has 0 aliphatic rings. The van der Waals surface area contributed by atoms with Gasteiger partial charge in [-0.15, -0.1) is 0 Å². The molecule has 0 aliphatic heterocycles. The van der Waals surface area contributed by atoms with Crippen molar-refractivity contribution in [2.75, 3.05) is 24.6 Å². The number of nitrogens with two attached hydrogens (primary N) is 1. The summed E-state index contributed by atoms with van der Waals surface area (Å²) in [6, 6.07) is 6.29. The average Bonchev–Trinajstić information content (AvgIpc) is 2.26. The van der Waals surface area contributed by atoms with Gasteiger partial charge in [0.15, 0.2) is 0 Å². The zero-order valence-corrected chi connectivity index (χ0v) is 10.3. The Bertz CT molecular complexity index is 423. The minimum absolute atomic E-state index is 0.0238. The number of halogens is 3. The number of aliphatic hydroxyl groups excluding tert-OH is 1. The zero-order chi connectivity index (χ0) is 13.8. The van der Waals surface area contributed by atoms with Crippen LogP contribution in [-0.2, 0) is 0 Å². The Kier molecular flexibility index (Phi) is 4.92. The van der Waals surface area contributed by atoms with Crippen molar-refractivity contribution < 1.29 is 18.3 Å². The number of alkyl halides is 3. The highest BCUT2D eigenvalue weighted by atomic mass is 32.1. The van der Waals surface area contributed by atoms with Gasteiger partial charge in [0.2, 0.25) is 0 Å². The molecule has 0 bridgehead atoms. The van der Waals surface area contributed by atoms with Crippen LogP contribution in [0.2, 0.25) is 0 Å². The Morgan fingerprint density at radius 3 is 2.44 bits per heavy atom. The molecule has 100 valence electrons. The largest absolute Gasteiger partial charge is 0.405 e. The third-order valence-electron chi connectivity index (χ3n) is 2.25. The summed E-state index contributed by atoms with van der Waals surface area (Å²) in [5, 5.41) is 8.85. The van der Waals surface area contributed by atoms with Crippen molar-refractivity contribution in [3.63, 3.8) is 0 Å². The second kappa shape index (κ2) is 6.01. The van der Waals surface area contributed by atoms with Crippen molar-refractivity contribution >= 4 is 22.9 Å². The average molecular weight is 278 g/mol. The van der Waals surface area contributed by atoms with Gasteiger partial charge in [-0.1, -0.05) is 24.4 Å². The van der Waals surface area contributed by atoms with Crippen molar-refractivity contribution in [2.45, 2.75) is 6.18 Å². The predicted octanol–water partition coefficient (Wildman–Crippen LogP) is 1.68. The number of hydrogen-bond acceptors (Lipinski definition) is 3. The molecule has 0 saturated carbocycles. The monoisotopic (exact) mass is 278 g/mol. The van der Waals surface area contributed by atoms with Crippen molar-refractivity contribution in [1.82, 2.24) is 0 Å². The fraction of sp³-hybridized carbons (Fsp3) is 0.364. The van der Waals surface area contributed by atoms with Crippen LogP contribution < -0.4 is 10.6 Å². The molecule has 0 aromatic heterocycles. The van der Waals surface area contributed by atoms with Crippen LogP contribution in [0.1, 0.15) is 5.56 Å². The molecule has 1 aromatic carbocycles. The number of aliphatic hydroxyl groups is 1. The van der Waals surface area contributed by atoms with Crippen LogP contribution >= 0.6 is 12.2 Å². The van der Waals surface area contributed by atoms with E-state index in [1.807, 2.05) is 0 Å². The lowest BCUT2D eigenvalue weighted by molar-refractivity contribution is -0.119. The maximum atomic E-state index is 12.5. The molecule has 0 radical (unpaired) electrons. The molecule has 0 spiro atoms. The third-order valence-corrected chi connectivity index (χ3v) is 2.47. The van der Waals surface area contributed by atoms with Crippen molar-refractivity contribution in [3.8, 4) is 0 Å². The maximum Gasteiger partial charge on any atom is 0.405 e. The zero-order valence-electron chi connectivity index (χ0n) is 9.44. The summed E-state index contributed by atoms with van der Waals surface area (Å²) in [6.45, 7) is -1.69. The Labute approximate surface area is 108 Å². The summed E-state index contributed by atoms with van der Waals surface area (Å²) in [4.78, 5) is 1.03. The van der Waals surface area contributed by atoms with Gasteiger partial charge in [0, 0.05) is 17.8 Å². The molecule has 0 heterocycles. The second-order valence-corrected chi connectivity index (χ2v) is 4.08. The minimum atomic E-state index is -4.36. The van der Waals surface area contributed by atoms with E-state index in [9.17, 15) is 13.2 Å². The van der Waals surface area contributed by atoms with E-state index in [0.717, 1.165) is 4.90 Å².